The highest BCUT2D eigenvalue weighted by molar-refractivity contribution is 5.99. The Morgan fingerprint density at radius 2 is 1.95 bits per heavy atom. The predicted octanol–water partition coefficient (Wildman–Crippen LogP) is 2.43. The van der Waals surface area contributed by atoms with E-state index in [1.807, 2.05) is 25.9 Å². The number of likely N-dealkylation sites (N-methyl/N-ethyl adjacent to an activating group) is 1. The summed E-state index contributed by atoms with van der Waals surface area (Å²) in [6, 6.07) is 3.13. The summed E-state index contributed by atoms with van der Waals surface area (Å²) in [6.07, 6.45) is -4.47. The van der Waals surface area contributed by atoms with E-state index in [9.17, 15) is 18.0 Å². The normalized spacial score (nSPS) is 11.6. The van der Waals surface area contributed by atoms with Crippen LogP contribution in [0, 0.1) is 0 Å². The first-order chi connectivity index (χ1) is 9.75. The van der Waals surface area contributed by atoms with Crippen molar-refractivity contribution in [3.63, 3.8) is 0 Å². The molecule has 0 radical (unpaired) electrons. The van der Waals surface area contributed by atoms with Gasteiger partial charge in [0.1, 0.15) is 0 Å². The molecule has 0 unspecified atom stereocenters. The van der Waals surface area contributed by atoms with Crippen LogP contribution >= 0.6 is 0 Å². The molecule has 0 bridgehead atoms. The Morgan fingerprint density at radius 3 is 2.48 bits per heavy atom. The number of alkyl halides is 3. The molecular formula is C14H20F3N3O. The Morgan fingerprint density at radius 1 is 1.29 bits per heavy atom. The van der Waals surface area contributed by atoms with Crippen LogP contribution in [0.2, 0.25) is 0 Å². The van der Waals surface area contributed by atoms with Crippen molar-refractivity contribution in [2.24, 2.45) is 0 Å². The fraction of sp³-hybridized carbons (Fsp3) is 0.500. The quantitative estimate of drug-likeness (QED) is 0.848. The Hall–Kier alpha value is -1.76. The van der Waals surface area contributed by atoms with Crippen molar-refractivity contribution in [1.29, 1.82) is 0 Å². The number of carbonyl (C=O) groups is 1. The van der Waals surface area contributed by atoms with Gasteiger partial charge in [0, 0.05) is 25.3 Å². The van der Waals surface area contributed by atoms with Crippen LogP contribution in [0.15, 0.2) is 18.2 Å². The molecule has 0 aromatic heterocycles. The average molecular weight is 303 g/mol. The van der Waals surface area contributed by atoms with Gasteiger partial charge >= 0.3 is 6.18 Å². The highest BCUT2D eigenvalue weighted by atomic mass is 19.4. The van der Waals surface area contributed by atoms with Crippen LogP contribution in [0.3, 0.4) is 0 Å². The molecule has 4 nitrogen and oxygen atoms in total. The van der Waals surface area contributed by atoms with E-state index in [0.29, 0.717) is 25.3 Å². The minimum atomic E-state index is -4.47. The summed E-state index contributed by atoms with van der Waals surface area (Å²) in [4.78, 5) is 13.9. The van der Waals surface area contributed by atoms with Gasteiger partial charge in [-0.25, -0.2) is 0 Å². The third-order valence-corrected chi connectivity index (χ3v) is 2.80. The summed E-state index contributed by atoms with van der Waals surface area (Å²) >= 11 is 0. The first-order valence-corrected chi connectivity index (χ1v) is 6.63. The molecular weight excluding hydrogens is 283 g/mol. The lowest BCUT2D eigenvalue weighted by Gasteiger charge is -2.15. The molecule has 1 aromatic carbocycles. The topological polar surface area (TPSA) is 44.4 Å². The minimum absolute atomic E-state index is 0.00503. The molecule has 1 rings (SSSR count). The lowest BCUT2D eigenvalue weighted by molar-refractivity contribution is -0.137. The van der Waals surface area contributed by atoms with E-state index in [0.717, 1.165) is 12.1 Å². The molecule has 0 heterocycles. The van der Waals surface area contributed by atoms with Crippen molar-refractivity contribution in [3.8, 4) is 0 Å². The monoisotopic (exact) mass is 303 g/mol. The number of amides is 1. The zero-order valence-electron chi connectivity index (χ0n) is 12.3. The minimum Gasteiger partial charge on any atom is -0.385 e. The second-order valence-electron chi connectivity index (χ2n) is 4.85. The maximum atomic E-state index is 12.7. The van der Waals surface area contributed by atoms with E-state index in [-0.39, 0.29) is 5.56 Å². The summed E-state index contributed by atoms with van der Waals surface area (Å²) < 4.78 is 38.2. The number of nitrogens with zero attached hydrogens (tertiary/aromatic N) is 1. The Balaban J connectivity index is 2.97. The molecule has 118 valence electrons. The van der Waals surface area contributed by atoms with Gasteiger partial charge < -0.3 is 15.5 Å². The molecule has 0 aliphatic rings. The van der Waals surface area contributed by atoms with Gasteiger partial charge in [0.25, 0.3) is 5.91 Å². The van der Waals surface area contributed by atoms with Gasteiger partial charge in [0.15, 0.2) is 0 Å². The summed E-state index contributed by atoms with van der Waals surface area (Å²) in [5.41, 5.74) is -0.430. The van der Waals surface area contributed by atoms with Crippen LogP contribution < -0.4 is 10.6 Å². The Labute approximate surface area is 122 Å². The number of carbonyl (C=O) groups excluding carboxylic acids is 1. The Bertz CT molecular complexity index is 487. The lowest BCUT2D eigenvalue weighted by Crippen LogP contribution is -2.32. The standard InChI is InChI=1S/C14H20F3N3O/c1-4-18-12-6-5-10(14(15,16)17)9-11(12)13(21)19-7-8-20(2)3/h5-6,9,18H,4,7-8H2,1-3H3,(H,19,21). The summed E-state index contributed by atoms with van der Waals surface area (Å²) in [7, 11) is 3.70. The van der Waals surface area contributed by atoms with E-state index in [1.165, 1.54) is 6.07 Å². The molecule has 7 heteroatoms. The van der Waals surface area contributed by atoms with Gasteiger partial charge in [-0.1, -0.05) is 0 Å². The summed E-state index contributed by atoms with van der Waals surface area (Å²) in [5.74, 6) is -0.515. The second-order valence-corrected chi connectivity index (χ2v) is 4.85. The number of rotatable bonds is 6. The number of hydrogen-bond donors (Lipinski definition) is 2. The molecule has 0 spiro atoms. The maximum Gasteiger partial charge on any atom is 0.416 e. The lowest BCUT2D eigenvalue weighted by atomic mass is 10.1. The van der Waals surface area contributed by atoms with Gasteiger partial charge in [-0.15, -0.1) is 0 Å². The second kappa shape index (κ2) is 7.31. The smallest absolute Gasteiger partial charge is 0.385 e. The molecule has 2 N–H and O–H groups in total. The van der Waals surface area contributed by atoms with Gasteiger partial charge in [-0.2, -0.15) is 13.2 Å². The molecule has 1 aromatic rings. The van der Waals surface area contributed by atoms with Crippen molar-refractivity contribution < 1.29 is 18.0 Å². The van der Waals surface area contributed by atoms with Crippen LogP contribution in [0.25, 0.3) is 0 Å². The van der Waals surface area contributed by atoms with Crippen molar-refractivity contribution in [3.05, 3.63) is 29.3 Å². The highest BCUT2D eigenvalue weighted by Crippen LogP contribution is 2.31. The van der Waals surface area contributed by atoms with Crippen molar-refractivity contribution >= 4 is 11.6 Å². The molecule has 0 saturated carbocycles. The average Bonchev–Trinajstić information content (AvgIpc) is 2.37. The largest absolute Gasteiger partial charge is 0.416 e. The van der Waals surface area contributed by atoms with Crippen LogP contribution in [0.5, 0.6) is 0 Å². The highest BCUT2D eigenvalue weighted by Gasteiger charge is 2.31. The van der Waals surface area contributed by atoms with Crippen LogP contribution in [-0.2, 0) is 6.18 Å². The molecule has 0 saturated heterocycles. The van der Waals surface area contributed by atoms with Crippen molar-refractivity contribution in [1.82, 2.24) is 10.2 Å². The van der Waals surface area contributed by atoms with Gasteiger partial charge in [-0.3, -0.25) is 4.79 Å². The first kappa shape index (κ1) is 17.3. The van der Waals surface area contributed by atoms with Crippen LogP contribution in [-0.4, -0.2) is 44.5 Å². The van der Waals surface area contributed by atoms with Gasteiger partial charge in [0.2, 0.25) is 0 Å². The fourth-order valence-corrected chi connectivity index (χ4v) is 1.74. The molecule has 1 amide bonds. The van der Waals surface area contributed by atoms with Crippen molar-refractivity contribution in [2.75, 3.05) is 39.0 Å². The summed E-state index contributed by atoms with van der Waals surface area (Å²) in [6.45, 7) is 3.31. The zero-order valence-corrected chi connectivity index (χ0v) is 12.3. The van der Waals surface area contributed by atoms with Crippen molar-refractivity contribution in [2.45, 2.75) is 13.1 Å². The fourth-order valence-electron chi connectivity index (χ4n) is 1.74. The number of benzene rings is 1. The van der Waals surface area contributed by atoms with Crippen LogP contribution in [0.4, 0.5) is 18.9 Å². The zero-order chi connectivity index (χ0) is 16.0. The van der Waals surface area contributed by atoms with E-state index in [1.54, 1.807) is 0 Å². The molecule has 0 aliphatic carbocycles. The molecule has 0 fully saturated rings. The summed E-state index contributed by atoms with van der Waals surface area (Å²) in [5, 5.41) is 5.52. The molecule has 0 atom stereocenters. The third-order valence-electron chi connectivity index (χ3n) is 2.80. The third kappa shape index (κ3) is 5.26. The Kier molecular flexibility index (Phi) is 6.02. The van der Waals surface area contributed by atoms with E-state index in [4.69, 9.17) is 0 Å². The van der Waals surface area contributed by atoms with Gasteiger partial charge in [0.05, 0.1) is 11.1 Å². The first-order valence-electron chi connectivity index (χ1n) is 6.63. The number of anilines is 1. The van der Waals surface area contributed by atoms with Crippen LogP contribution in [0.1, 0.15) is 22.8 Å². The maximum absolute atomic E-state index is 12.7. The number of nitrogens with one attached hydrogen (secondary N) is 2. The van der Waals surface area contributed by atoms with E-state index in [2.05, 4.69) is 10.6 Å². The number of hydrogen-bond acceptors (Lipinski definition) is 3. The van der Waals surface area contributed by atoms with E-state index >= 15 is 0 Å². The predicted molar refractivity (Wildman–Crippen MR) is 76.5 cm³/mol. The molecule has 21 heavy (non-hydrogen) atoms. The number of halogens is 3. The van der Waals surface area contributed by atoms with Gasteiger partial charge in [-0.05, 0) is 39.2 Å². The molecule has 0 aliphatic heterocycles. The van der Waals surface area contributed by atoms with E-state index < -0.39 is 17.6 Å². The SMILES string of the molecule is CCNc1ccc(C(F)(F)F)cc1C(=O)NCCN(C)C.